The molecule has 0 saturated carbocycles. The number of rotatable bonds is 6. The molecule has 2 amide bonds. The Morgan fingerprint density at radius 2 is 1.93 bits per heavy atom. The minimum Gasteiger partial charge on any atom is -0.481 e. The molecule has 0 radical (unpaired) electrons. The van der Waals surface area contributed by atoms with E-state index >= 15 is 0 Å². The predicted octanol–water partition coefficient (Wildman–Crippen LogP) is -0.650. The number of carbonyl (C=O) groups excluding carboxylic acids is 2. The third-order valence-electron chi connectivity index (χ3n) is 1.99. The van der Waals surface area contributed by atoms with Gasteiger partial charge in [0.15, 0.2) is 0 Å². The number of carbonyl (C=O) groups is 3. The summed E-state index contributed by atoms with van der Waals surface area (Å²) >= 11 is 0. The van der Waals surface area contributed by atoms with Crippen molar-refractivity contribution in [2.45, 2.75) is 19.8 Å². The molecule has 0 heterocycles. The first kappa shape index (κ1) is 13.4. The van der Waals surface area contributed by atoms with E-state index in [0.29, 0.717) is 6.42 Å². The van der Waals surface area contributed by atoms with Crippen LogP contribution < -0.4 is 10.6 Å². The second-order valence-electron chi connectivity index (χ2n) is 3.09. The highest BCUT2D eigenvalue weighted by Crippen LogP contribution is 2.07. The van der Waals surface area contributed by atoms with E-state index in [2.05, 4.69) is 10.6 Å². The van der Waals surface area contributed by atoms with Gasteiger partial charge in [-0.05, 0) is 6.42 Å². The number of aliphatic carboxylic acids is 1. The summed E-state index contributed by atoms with van der Waals surface area (Å²) in [5.41, 5.74) is 0. The van der Waals surface area contributed by atoms with Crippen LogP contribution in [0.2, 0.25) is 0 Å². The van der Waals surface area contributed by atoms with Crippen LogP contribution in [0.4, 0.5) is 0 Å². The summed E-state index contributed by atoms with van der Waals surface area (Å²) in [6.45, 7) is 1.61. The Labute approximate surface area is 88.0 Å². The van der Waals surface area contributed by atoms with E-state index in [-0.39, 0.29) is 18.9 Å². The maximum absolute atomic E-state index is 11.4. The fourth-order valence-corrected chi connectivity index (χ4v) is 1.03. The lowest BCUT2D eigenvalue weighted by Crippen LogP contribution is -2.38. The zero-order chi connectivity index (χ0) is 11.8. The Kier molecular flexibility index (Phi) is 6.08. The Morgan fingerprint density at radius 3 is 2.33 bits per heavy atom. The lowest BCUT2D eigenvalue weighted by Gasteiger charge is -2.11. The molecular weight excluding hydrogens is 200 g/mol. The van der Waals surface area contributed by atoms with Gasteiger partial charge >= 0.3 is 5.97 Å². The summed E-state index contributed by atoms with van der Waals surface area (Å²) in [6.07, 6.45) is 0.224. The largest absolute Gasteiger partial charge is 0.481 e. The highest BCUT2D eigenvalue weighted by atomic mass is 16.4. The predicted molar refractivity (Wildman–Crippen MR) is 53.1 cm³/mol. The van der Waals surface area contributed by atoms with Crippen molar-refractivity contribution in [1.82, 2.24) is 10.6 Å². The van der Waals surface area contributed by atoms with Gasteiger partial charge in [0.1, 0.15) is 0 Å². The molecule has 0 aliphatic heterocycles. The fourth-order valence-electron chi connectivity index (χ4n) is 1.03. The molecule has 0 aromatic carbocycles. The van der Waals surface area contributed by atoms with Crippen LogP contribution in [0.1, 0.15) is 19.8 Å². The number of carboxylic acids is 1. The van der Waals surface area contributed by atoms with Crippen molar-refractivity contribution in [2.75, 3.05) is 13.6 Å². The van der Waals surface area contributed by atoms with E-state index < -0.39 is 17.8 Å². The molecule has 0 saturated heterocycles. The second-order valence-corrected chi connectivity index (χ2v) is 3.09. The number of carboxylic acid groups (broad SMARTS) is 1. The highest BCUT2D eigenvalue weighted by molar-refractivity contribution is 5.87. The van der Waals surface area contributed by atoms with Crippen molar-refractivity contribution in [3.63, 3.8) is 0 Å². The molecule has 0 aromatic rings. The normalized spacial score (nSPS) is 11.6. The van der Waals surface area contributed by atoms with Gasteiger partial charge in [-0.3, -0.25) is 14.4 Å². The number of nitrogens with one attached hydrogen (secondary N) is 2. The number of likely N-dealkylation sites (N-methyl/N-ethyl adjacent to an activating group) is 1. The zero-order valence-electron chi connectivity index (χ0n) is 8.87. The monoisotopic (exact) mass is 216 g/mol. The molecule has 1 unspecified atom stereocenters. The van der Waals surface area contributed by atoms with Gasteiger partial charge in [0.05, 0.1) is 13.0 Å². The quantitative estimate of drug-likeness (QED) is 0.549. The summed E-state index contributed by atoms with van der Waals surface area (Å²) in [6, 6.07) is 0. The van der Waals surface area contributed by atoms with Crippen molar-refractivity contribution in [3.8, 4) is 0 Å². The molecule has 3 N–H and O–H groups in total. The van der Waals surface area contributed by atoms with E-state index in [1.54, 1.807) is 6.92 Å². The van der Waals surface area contributed by atoms with E-state index in [0.717, 1.165) is 0 Å². The minimum atomic E-state index is -1.02. The third kappa shape index (κ3) is 5.66. The van der Waals surface area contributed by atoms with Gasteiger partial charge in [0.25, 0.3) is 0 Å². The summed E-state index contributed by atoms with van der Waals surface area (Å²) < 4.78 is 0. The molecule has 0 aromatic heterocycles. The average Bonchev–Trinajstić information content (AvgIpc) is 2.21. The van der Waals surface area contributed by atoms with Gasteiger partial charge in [-0.1, -0.05) is 6.92 Å². The van der Waals surface area contributed by atoms with Crippen LogP contribution in [0.25, 0.3) is 0 Å². The maximum Gasteiger partial charge on any atom is 0.304 e. The van der Waals surface area contributed by atoms with Crippen LogP contribution in [-0.2, 0) is 14.4 Å². The fraction of sp³-hybridized carbons (Fsp3) is 0.667. The molecule has 0 rings (SSSR count). The maximum atomic E-state index is 11.4. The first-order valence-corrected chi connectivity index (χ1v) is 4.71. The van der Waals surface area contributed by atoms with Gasteiger partial charge in [-0.15, -0.1) is 0 Å². The summed E-state index contributed by atoms with van der Waals surface area (Å²) in [5.74, 6) is -2.30. The van der Waals surface area contributed by atoms with Crippen LogP contribution in [0, 0.1) is 5.92 Å². The van der Waals surface area contributed by atoms with Gasteiger partial charge in [-0.2, -0.15) is 0 Å². The molecule has 15 heavy (non-hydrogen) atoms. The van der Waals surface area contributed by atoms with E-state index in [1.165, 1.54) is 7.05 Å². The first-order chi connectivity index (χ1) is 7.01. The topological polar surface area (TPSA) is 95.5 Å². The van der Waals surface area contributed by atoms with E-state index in [9.17, 15) is 14.4 Å². The summed E-state index contributed by atoms with van der Waals surface area (Å²) in [5, 5.41) is 13.3. The molecule has 1 atom stereocenters. The molecule has 6 heteroatoms. The standard InChI is InChI=1S/C9H16N2O4/c1-3-6(4-8(13)14)9(15)11-5-7(12)10-2/h6H,3-5H2,1-2H3,(H,10,12)(H,11,15)(H,13,14). The molecule has 0 spiro atoms. The van der Waals surface area contributed by atoms with Gasteiger partial charge < -0.3 is 15.7 Å². The van der Waals surface area contributed by atoms with Gasteiger partial charge in [0, 0.05) is 13.0 Å². The molecule has 6 nitrogen and oxygen atoms in total. The summed E-state index contributed by atoms with van der Waals surface area (Å²) in [4.78, 5) is 32.6. The Bertz CT molecular complexity index is 252. The lowest BCUT2D eigenvalue weighted by molar-refractivity contribution is -0.141. The van der Waals surface area contributed by atoms with Crippen molar-refractivity contribution < 1.29 is 19.5 Å². The lowest BCUT2D eigenvalue weighted by atomic mass is 10.0. The smallest absolute Gasteiger partial charge is 0.304 e. The van der Waals surface area contributed by atoms with Crippen LogP contribution in [0.3, 0.4) is 0 Å². The van der Waals surface area contributed by atoms with Crippen molar-refractivity contribution in [3.05, 3.63) is 0 Å². The average molecular weight is 216 g/mol. The van der Waals surface area contributed by atoms with Crippen LogP contribution in [0.5, 0.6) is 0 Å². The molecule has 86 valence electrons. The van der Waals surface area contributed by atoms with Crippen LogP contribution in [0.15, 0.2) is 0 Å². The highest BCUT2D eigenvalue weighted by Gasteiger charge is 2.19. The Balaban J connectivity index is 4.04. The second kappa shape index (κ2) is 6.80. The minimum absolute atomic E-state index is 0.120. The van der Waals surface area contributed by atoms with Crippen molar-refractivity contribution >= 4 is 17.8 Å². The Hall–Kier alpha value is -1.59. The molecule has 0 aliphatic carbocycles. The SMILES string of the molecule is CCC(CC(=O)O)C(=O)NCC(=O)NC. The number of hydrogen-bond donors (Lipinski definition) is 3. The van der Waals surface area contributed by atoms with Crippen molar-refractivity contribution in [2.24, 2.45) is 5.92 Å². The molecular formula is C9H16N2O4. The molecule has 0 fully saturated rings. The van der Waals surface area contributed by atoms with Gasteiger partial charge in [0.2, 0.25) is 11.8 Å². The van der Waals surface area contributed by atoms with Crippen molar-refractivity contribution in [1.29, 1.82) is 0 Å². The Morgan fingerprint density at radius 1 is 1.33 bits per heavy atom. The van der Waals surface area contributed by atoms with Crippen LogP contribution in [-0.4, -0.2) is 36.5 Å². The van der Waals surface area contributed by atoms with Gasteiger partial charge in [-0.25, -0.2) is 0 Å². The van der Waals surface area contributed by atoms with Crippen LogP contribution >= 0.6 is 0 Å². The zero-order valence-corrected chi connectivity index (χ0v) is 8.87. The van der Waals surface area contributed by atoms with E-state index in [4.69, 9.17) is 5.11 Å². The molecule has 0 aliphatic rings. The summed E-state index contributed by atoms with van der Waals surface area (Å²) in [7, 11) is 1.46. The number of amides is 2. The van der Waals surface area contributed by atoms with E-state index in [1.807, 2.05) is 0 Å². The third-order valence-corrected chi connectivity index (χ3v) is 1.99. The molecule has 0 bridgehead atoms. The number of hydrogen-bond acceptors (Lipinski definition) is 3. The first-order valence-electron chi connectivity index (χ1n) is 4.71.